The van der Waals surface area contributed by atoms with Crippen LogP contribution in [0.1, 0.15) is 0 Å². The zero-order chi connectivity index (χ0) is 14.3. The lowest BCUT2D eigenvalue weighted by molar-refractivity contribution is 0.419. The summed E-state index contributed by atoms with van der Waals surface area (Å²) < 4.78 is 20.7. The largest absolute Gasteiger partial charge is 0.494 e. The molecule has 3 aromatic rings. The van der Waals surface area contributed by atoms with E-state index in [4.69, 9.17) is 28.6 Å². The molecule has 102 valence electrons. The molecule has 1 N–H and O–H groups in total. The van der Waals surface area contributed by atoms with Crippen LogP contribution in [0.4, 0.5) is 4.39 Å². The van der Waals surface area contributed by atoms with Gasteiger partial charge in [0.15, 0.2) is 4.77 Å². The van der Waals surface area contributed by atoms with E-state index in [1.165, 1.54) is 12.1 Å². The van der Waals surface area contributed by atoms with Crippen LogP contribution in [0.25, 0.3) is 16.7 Å². The van der Waals surface area contributed by atoms with Crippen LogP contribution >= 0.6 is 23.8 Å². The van der Waals surface area contributed by atoms with Gasteiger partial charge in [-0.2, -0.15) is 0 Å². The van der Waals surface area contributed by atoms with Crippen molar-refractivity contribution in [3.05, 3.63) is 52.0 Å². The fourth-order valence-corrected chi connectivity index (χ4v) is 2.73. The number of H-pyrrole nitrogens is 1. The van der Waals surface area contributed by atoms with Crippen molar-refractivity contribution in [2.45, 2.75) is 0 Å². The number of para-hydroxylation sites is 1. The lowest BCUT2D eigenvalue weighted by Gasteiger charge is -2.07. The van der Waals surface area contributed by atoms with Crippen LogP contribution in [-0.2, 0) is 0 Å². The number of rotatable bonds is 2. The molecule has 0 aliphatic rings. The number of hydrogen-bond donors (Lipinski definition) is 1. The molecular weight excluding hydrogens is 299 g/mol. The smallest absolute Gasteiger partial charge is 0.182 e. The predicted octanol–water partition coefficient (Wildman–Crippen LogP) is 4.49. The van der Waals surface area contributed by atoms with Crippen molar-refractivity contribution in [2.24, 2.45) is 0 Å². The van der Waals surface area contributed by atoms with Crippen molar-refractivity contribution in [3.63, 3.8) is 0 Å². The summed E-state index contributed by atoms with van der Waals surface area (Å²) in [4.78, 5) is 3.09. The van der Waals surface area contributed by atoms with Crippen molar-refractivity contribution < 1.29 is 9.13 Å². The van der Waals surface area contributed by atoms with Crippen LogP contribution in [0.15, 0.2) is 36.4 Å². The summed E-state index contributed by atoms with van der Waals surface area (Å²) in [6.07, 6.45) is 0. The number of imidazole rings is 1. The predicted molar refractivity (Wildman–Crippen MR) is 80.0 cm³/mol. The topological polar surface area (TPSA) is 29.9 Å². The maximum Gasteiger partial charge on any atom is 0.182 e. The zero-order valence-electron chi connectivity index (χ0n) is 10.5. The van der Waals surface area contributed by atoms with Crippen LogP contribution < -0.4 is 4.74 Å². The maximum absolute atomic E-state index is 13.2. The first-order valence-corrected chi connectivity index (χ1v) is 6.63. The van der Waals surface area contributed by atoms with E-state index in [9.17, 15) is 4.39 Å². The minimum atomic E-state index is -0.386. The van der Waals surface area contributed by atoms with Crippen LogP contribution in [0.5, 0.6) is 5.75 Å². The molecule has 0 radical (unpaired) electrons. The average molecular weight is 309 g/mol. The minimum absolute atomic E-state index is 0.296. The Bertz CT molecular complexity index is 856. The Morgan fingerprint density at radius 3 is 2.80 bits per heavy atom. The molecule has 0 fully saturated rings. The van der Waals surface area contributed by atoms with Crippen LogP contribution in [0.3, 0.4) is 0 Å². The summed E-state index contributed by atoms with van der Waals surface area (Å²) >= 11 is 11.4. The van der Waals surface area contributed by atoms with Gasteiger partial charge >= 0.3 is 0 Å². The first kappa shape index (κ1) is 13.1. The van der Waals surface area contributed by atoms with E-state index >= 15 is 0 Å². The number of nitrogens with zero attached hydrogens (tertiary/aromatic N) is 1. The van der Waals surface area contributed by atoms with E-state index in [1.54, 1.807) is 17.7 Å². The molecule has 20 heavy (non-hydrogen) atoms. The highest BCUT2D eigenvalue weighted by Crippen LogP contribution is 2.30. The van der Waals surface area contributed by atoms with E-state index < -0.39 is 0 Å². The molecule has 0 aliphatic heterocycles. The molecule has 0 saturated heterocycles. The van der Waals surface area contributed by atoms with E-state index in [1.807, 2.05) is 18.2 Å². The second-order valence-electron chi connectivity index (χ2n) is 4.22. The Balaban J connectivity index is 2.37. The van der Waals surface area contributed by atoms with E-state index in [-0.39, 0.29) is 5.82 Å². The molecule has 0 aliphatic carbocycles. The lowest BCUT2D eigenvalue weighted by Crippen LogP contribution is -1.95. The SMILES string of the molecule is COc1cccc2c1[nH]c(=S)n2-c1ccc(F)cc1Cl. The summed E-state index contributed by atoms with van der Waals surface area (Å²) in [5.74, 6) is 0.299. The van der Waals surface area contributed by atoms with Gasteiger partial charge in [0, 0.05) is 0 Å². The number of halogens is 2. The van der Waals surface area contributed by atoms with Gasteiger partial charge in [-0.1, -0.05) is 17.7 Å². The second kappa shape index (κ2) is 4.92. The molecular formula is C14H10ClFN2OS. The van der Waals surface area contributed by atoms with Gasteiger partial charge in [-0.3, -0.25) is 4.57 Å². The Labute approximate surface area is 124 Å². The third kappa shape index (κ3) is 1.99. The average Bonchev–Trinajstić information content (AvgIpc) is 2.75. The van der Waals surface area contributed by atoms with Crippen molar-refractivity contribution in [3.8, 4) is 11.4 Å². The second-order valence-corrected chi connectivity index (χ2v) is 5.01. The number of benzene rings is 2. The number of fused-ring (bicyclic) bond motifs is 1. The first-order chi connectivity index (χ1) is 9.61. The van der Waals surface area contributed by atoms with Gasteiger partial charge in [-0.05, 0) is 42.5 Å². The molecule has 0 saturated carbocycles. The van der Waals surface area contributed by atoms with Gasteiger partial charge < -0.3 is 9.72 Å². The molecule has 3 rings (SSSR count). The highest BCUT2D eigenvalue weighted by molar-refractivity contribution is 7.71. The Kier molecular flexibility index (Phi) is 3.23. The fourth-order valence-electron chi connectivity index (χ4n) is 2.18. The summed E-state index contributed by atoms with van der Waals surface area (Å²) in [6, 6.07) is 9.80. The minimum Gasteiger partial charge on any atom is -0.494 e. The number of nitrogens with one attached hydrogen (secondary N) is 1. The van der Waals surface area contributed by atoms with E-state index in [0.717, 1.165) is 11.0 Å². The fraction of sp³-hybridized carbons (Fsp3) is 0.0714. The number of aromatic amines is 1. The van der Waals surface area contributed by atoms with Crippen molar-refractivity contribution >= 4 is 34.9 Å². The van der Waals surface area contributed by atoms with Gasteiger partial charge in [0.2, 0.25) is 0 Å². The van der Waals surface area contributed by atoms with E-state index in [2.05, 4.69) is 4.98 Å². The summed E-state index contributed by atoms with van der Waals surface area (Å²) in [7, 11) is 1.59. The van der Waals surface area contributed by atoms with E-state index in [0.29, 0.717) is 21.2 Å². The van der Waals surface area contributed by atoms with Crippen LogP contribution in [-0.4, -0.2) is 16.7 Å². The molecule has 1 heterocycles. The van der Waals surface area contributed by atoms with Gasteiger partial charge in [-0.15, -0.1) is 0 Å². The number of aromatic nitrogens is 2. The van der Waals surface area contributed by atoms with Gasteiger partial charge in [0.1, 0.15) is 17.1 Å². The highest BCUT2D eigenvalue weighted by Gasteiger charge is 2.12. The number of ether oxygens (including phenoxy) is 1. The molecule has 3 nitrogen and oxygen atoms in total. The summed E-state index contributed by atoms with van der Waals surface area (Å²) in [5.41, 5.74) is 2.22. The number of hydrogen-bond acceptors (Lipinski definition) is 2. The van der Waals surface area contributed by atoms with Crippen molar-refractivity contribution in [1.29, 1.82) is 0 Å². The Morgan fingerprint density at radius 1 is 1.30 bits per heavy atom. The number of methoxy groups -OCH3 is 1. The maximum atomic E-state index is 13.2. The molecule has 0 bridgehead atoms. The standard InChI is InChI=1S/C14H10ClFN2OS/c1-19-12-4-2-3-11-13(12)17-14(20)18(11)10-6-5-8(16)7-9(10)15/h2-7H,1H3,(H,17,20). The lowest BCUT2D eigenvalue weighted by atomic mass is 10.2. The molecule has 2 aromatic carbocycles. The van der Waals surface area contributed by atoms with Gasteiger partial charge in [-0.25, -0.2) is 4.39 Å². The molecule has 0 spiro atoms. The summed E-state index contributed by atoms with van der Waals surface area (Å²) in [5, 5.41) is 0.296. The molecule has 0 unspecified atom stereocenters. The quantitative estimate of drug-likeness (QED) is 0.707. The molecule has 1 aromatic heterocycles. The van der Waals surface area contributed by atoms with Crippen molar-refractivity contribution in [2.75, 3.05) is 7.11 Å². The summed E-state index contributed by atoms with van der Waals surface area (Å²) in [6.45, 7) is 0. The monoisotopic (exact) mass is 308 g/mol. The Morgan fingerprint density at radius 2 is 2.10 bits per heavy atom. The molecule has 6 heteroatoms. The first-order valence-electron chi connectivity index (χ1n) is 5.85. The zero-order valence-corrected chi connectivity index (χ0v) is 12.1. The van der Waals surface area contributed by atoms with Crippen LogP contribution in [0, 0.1) is 10.6 Å². The normalized spacial score (nSPS) is 10.9. The Hall–Kier alpha value is -1.85. The van der Waals surface area contributed by atoms with Gasteiger partial charge in [0.05, 0.1) is 23.3 Å². The molecule has 0 atom stereocenters. The third-order valence-corrected chi connectivity index (χ3v) is 3.64. The highest BCUT2D eigenvalue weighted by atomic mass is 35.5. The van der Waals surface area contributed by atoms with Crippen molar-refractivity contribution in [1.82, 2.24) is 9.55 Å². The van der Waals surface area contributed by atoms with Crippen LogP contribution in [0.2, 0.25) is 5.02 Å². The third-order valence-electron chi connectivity index (χ3n) is 3.05. The molecule has 0 amide bonds. The van der Waals surface area contributed by atoms with Gasteiger partial charge in [0.25, 0.3) is 0 Å².